The number of rotatable bonds is 4. The fourth-order valence-electron chi connectivity index (χ4n) is 2.93. The van der Waals surface area contributed by atoms with E-state index in [4.69, 9.17) is 0 Å². The Balaban J connectivity index is 2.27. The van der Waals surface area contributed by atoms with Gasteiger partial charge < -0.3 is 4.74 Å². The van der Waals surface area contributed by atoms with Gasteiger partial charge in [0.05, 0.1) is 30.1 Å². The molecule has 1 aromatic heterocycles. The monoisotopic (exact) mass is 356 g/mol. The largest absolute Gasteiger partial charge is 0.465 e. The smallest absolute Gasteiger partial charge is 0.337 e. The number of carbonyl (C=O) groups is 1. The Kier molecular flexibility index (Phi) is 4.71. The molecule has 0 radical (unpaired) electrons. The van der Waals surface area contributed by atoms with E-state index >= 15 is 0 Å². The zero-order chi connectivity index (χ0) is 18.8. The minimum Gasteiger partial charge on any atom is -0.465 e. The first-order chi connectivity index (χ1) is 12.5. The van der Waals surface area contributed by atoms with Crippen LogP contribution in [0.3, 0.4) is 0 Å². The van der Waals surface area contributed by atoms with Gasteiger partial charge in [-0.3, -0.25) is 13.9 Å². The van der Waals surface area contributed by atoms with Crippen LogP contribution in [-0.4, -0.2) is 22.2 Å². The van der Waals surface area contributed by atoms with Crippen molar-refractivity contribution < 1.29 is 13.9 Å². The number of nitrogens with zero attached hydrogens (tertiary/aromatic N) is 2. The summed E-state index contributed by atoms with van der Waals surface area (Å²) in [6, 6.07) is 10.2. The van der Waals surface area contributed by atoms with Gasteiger partial charge in [-0.05, 0) is 42.8 Å². The molecule has 6 nitrogen and oxygen atoms in total. The van der Waals surface area contributed by atoms with Crippen LogP contribution in [-0.2, 0) is 17.8 Å². The Morgan fingerprint density at radius 2 is 1.88 bits per heavy atom. The summed E-state index contributed by atoms with van der Waals surface area (Å²) in [5.41, 5.74) is 0.126. The molecule has 0 aliphatic rings. The van der Waals surface area contributed by atoms with Gasteiger partial charge in [-0.2, -0.15) is 0 Å². The van der Waals surface area contributed by atoms with E-state index in [0.29, 0.717) is 17.6 Å². The van der Waals surface area contributed by atoms with Crippen molar-refractivity contribution in [3.8, 4) is 0 Å². The summed E-state index contributed by atoms with van der Waals surface area (Å²) in [4.78, 5) is 37.4. The zero-order valence-electron chi connectivity index (χ0n) is 14.4. The molecule has 0 unspecified atom stereocenters. The maximum atomic E-state index is 13.4. The summed E-state index contributed by atoms with van der Waals surface area (Å²) >= 11 is 0. The highest BCUT2D eigenvalue weighted by Crippen LogP contribution is 2.13. The van der Waals surface area contributed by atoms with Crippen LogP contribution < -0.4 is 11.2 Å². The van der Waals surface area contributed by atoms with Crippen LogP contribution in [0.25, 0.3) is 10.9 Å². The third-order valence-electron chi connectivity index (χ3n) is 4.19. The topological polar surface area (TPSA) is 70.3 Å². The zero-order valence-corrected chi connectivity index (χ0v) is 14.4. The number of aromatic nitrogens is 2. The molecule has 0 aliphatic heterocycles. The van der Waals surface area contributed by atoms with Crippen molar-refractivity contribution in [2.24, 2.45) is 0 Å². The Bertz CT molecular complexity index is 1110. The van der Waals surface area contributed by atoms with Crippen molar-refractivity contribution in [2.45, 2.75) is 20.0 Å². The number of ether oxygens (including phenoxy) is 1. The molecule has 0 atom stereocenters. The van der Waals surface area contributed by atoms with Gasteiger partial charge in [0.25, 0.3) is 5.56 Å². The van der Waals surface area contributed by atoms with Crippen LogP contribution in [0.5, 0.6) is 0 Å². The summed E-state index contributed by atoms with van der Waals surface area (Å²) in [7, 11) is 1.25. The molecule has 3 rings (SSSR count). The molecule has 0 bridgehead atoms. The molecule has 0 N–H and O–H groups in total. The lowest BCUT2D eigenvalue weighted by molar-refractivity contribution is 0.0601. The average molecular weight is 356 g/mol. The van der Waals surface area contributed by atoms with Crippen LogP contribution in [0.15, 0.2) is 52.1 Å². The molecule has 0 amide bonds. The Morgan fingerprint density at radius 3 is 2.54 bits per heavy atom. The molecule has 0 fully saturated rings. The van der Waals surface area contributed by atoms with Gasteiger partial charge in [-0.1, -0.05) is 12.1 Å². The van der Waals surface area contributed by atoms with E-state index in [9.17, 15) is 18.8 Å². The van der Waals surface area contributed by atoms with E-state index in [0.717, 1.165) is 4.57 Å². The van der Waals surface area contributed by atoms with Gasteiger partial charge in [-0.15, -0.1) is 0 Å². The van der Waals surface area contributed by atoms with Gasteiger partial charge in [0, 0.05) is 6.54 Å². The number of fused-ring (bicyclic) bond motifs is 1. The molecule has 0 saturated carbocycles. The fourth-order valence-corrected chi connectivity index (χ4v) is 2.93. The van der Waals surface area contributed by atoms with Crippen LogP contribution in [0.1, 0.15) is 22.8 Å². The van der Waals surface area contributed by atoms with Crippen molar-refractivity contribution in [3.05, 3.63) is 80.2 Å². The molecule has 2 aromatic carbocycles. The number of methoxy groups -OCH3 is 1. The lowest BCUT2D eigenvalue weighted by Crippen LogP contribution is -2.40. The standard InChI is InChI=1S/C19H17FN2O4/c1-3-21-16-8-7-13(18(24)26-2)10-15(16)17(23)22(19(21)25)11-12-5-4-6-14(20)9-12/h4-10H,3,11H2,1-2H3. The average Bonchev–Trinajstić information content (AvgIpc) is 2.65. The van der Waals surface area contributed by atoms with E-state index in [-0.39, 0.29) is 17.5 Å². The lowest BCUT2D eigenvalue weighted by atomic mass is 10.1. The third-order valence-corrected chi connectivity index (χ3v) is 4.19. The van der Waals surface area contributed by atoms with Gasteiger partial charge >= 0.3 is 11.7 Å². The highest BCUT2D eigenvalue weighted by atomic mass is 19.1. The highest BCUT2D eigenvalue weighted by Gasteiger charge is 2.15. The minimum atomic E-state index is -0.572. The quantitative estimate of drug-likeness (QED) is 0.672. The second kappa shape index (κ2) is 6.95. The first kappa shape index (κ1) is 17.6. The number of hydrogen-bond donors (Lipinski definition) is 0. The molecular formula is C19H17FN2O4. The molecule has 0 aliphatic carbocycles. The second-order valence-corrected chi connectivity index (χ2v) is 5.77. The van der Waals surface area contributed by atoms with Crippen LogP contribution in [0.4, 0.5) is 4.39 Å². The summed E-state index contributed by atoms with van der Waals surface area (Å²) < 4.78 is 20.6. The first-order valence-electron chi connectivity index (χ1n) is 8.06. The maximum Gasteiger partial charge on any atom is 0.337 e. The molecule has 0 saturated heterocycles. The van der Waals surface area contributed by atoms with Gasteiger partial charge in [-0.25, -0.2) is 14.0 Å². The number of aryl methyl sites for hydroxylation is 1. The summed E-state index contributed by atoms with van der Waals surface area (Å²) in [5, 5.41) is 0.228. The van der Waals surface area contributed by atoms with Gasteiger partial charge in [0.2, 0.25) is 0 Å². The molecule has 1 heterocycles. The Labute approximate surface area is 148 Å². The molecule has 26 heavy (non-hydrogen) atoms. The molecule has 7 heteroatoms. The van der Waals surface area contributed by atoms with Crippen LogP contribution in [0, 0.1) is 5.82 Å². The third kappa shape index (κ3) is 3.03. The van der Waals surface area contributed by atoms with Crippen molar-refractivity contribution in [3.63, 3.8) is 0 Å². The normalized spacial score (nSPS) is 10.9. The fraction of sp³-hybridized carbons (Fsp3) is 0.211. The summed E-state index contributed by atoms with van der Waals surface area (Å²) in [6.45, 7) is 2.07. The van der Waals surface area contributed by atoms with Gasteiger partial charge in [0.1, 0.15) is 5.82 Å². The molecule has 3 aromatic rings. The number of esters is 1. The van der Waals surface area contributed by atoms with E-state index in [1.165, 1.54) is 42.0 Å². The van der Waals surface area contributed by atoms with Crippen molar-refractivity contribution in [2.75, 3.05) is 7.11 Å². The second-order valence-electron chi connectivity index (χ2n) is 5.77. The van der Waals surface area contributed by atoms with Crippen LogP contribution >= 0.6 is 0 Å². The molecule has 134 valence electrons. The number of halogens is 1. The van der Waals surface area contributed by atoms with Crippen molar-refractivity contribution >= 4 is 16.9 Å². The van der Waals surface area contributed by atoms with Gasteiger partial charge in [0.15, 0.2) is 0 Å². The van der Waals surface area contributed by atoms with E-state index in [2.05, 4.69) is 4.74 Å². The predicted octanol–water partition coefficient (Wildman–Crippen LogP) is 2.16. The van der Waals surface area contributed by atoms with E-state index in [1.54, 1.807) is 19.1 Å². The predicted molar refractivity (Wildman–Crippen MR) is 95.0 cm³/mol. The maximum absolute atomic E-state index is 13.4. The molecule has 0 spiro atoms. The SMILES string of the molecule is CCn1c(=O)n(Cc2cccc(F)c2)c(=O)c2cc(C(=O)OC)ccc21. The first-order valence-corrected chi connectivity index (χ1v) is 8.06. The summed E-state index contributed by atoms with van der Waals surface area (Å²) in [5.74, 6) is -1.02. The minimum absolute atomic E-state index is 0.0617. The number of hydrogen-bond acceptors (Lipinski definition) is 4. The Hall–Kier alpha value is -3.22. The number of carbonyl (C=O) groups excluding carboxylic acids is 1. The number of benzene rings is 2. The van der Waals surface area contributed by atoms with Crippen LogP contribution in [0.2, 0.25) is 0 Å². The highest BCUT2D eigenvalue weighted by molar-refractivity contribution is 5.94. The Morgan fingerprint density at radius 1 is 1.12 bits per heavy atom. The van der Waals surface area contributed by atoms with E-state index in [1.807, 2.05) is 0 Å². The van der Waals surface area contributed by atoms with E-state index < -0.39 is 23.0 Å². The lowest BCUT2D eigenvalue weighted by Gasteiger charge is -2.13. The summed E-state index contributed by atoms with van der Waals surface area (Å²) in [6.07, 6.45) is 0. The van der Waals surface area contributed by atoms with Crippen molar-refractivity contribution in [1.82, 2.24) is 9.13 Å². The van der Waals surface area contributed by atoms with Crippen molar-refractivity contribution in [1.29, 1.82) is 0 Å². The molecular weight excluding hydrogens is 339 g/mol.